The highest BCUT2D eigenvalue weighted by Gasteiger charge is 2.31. The molecule has 0 aromatic rings. The van der Waals surface area contributed by atoms with Gasteiger partial charge in [0.25, 0.3) is 0 Å². The number of hydrogen-bond acceptors (Lipinski definition) is 2. The molecule has 2 rings (SSSR count). The molecule has 1 aliphatic carbocycles. The number of alkyl halides is 1. The Hall–Kier alpha value is -0.0900. The minimum atomic E-state index is 0.232. The number of hydrogen-bond donors (Lipinski definition) is 0. The summed E-state index contributed by atoms with van der Waals surface area (Å²) in [6, 6.07) is 0.848. The van der Waals surface area contributed by atoms with E-state index in [0.29, 0.717) is 5.33 Å². The van der Waals surface area contributed by atoms with Crippen molar-refractivity contribution in [2.75, 3.05) is 31.5 Å². The largest absolute Gasteiger partial charge is 0.339 e. The molecule has 1 saturated heterocycles. The summed E-state index contributed by atoms with van der Waals surface area (Å²) >= 11 is 3.20. The molecule has 0 aromatic carbocycles. The Balaban J connectivity index is 1.78. The monoisotopic (exact) mass is 246 g/mol. The summed E-state index contributed by atoms with van der Waals surface area (Å²) in [5, 5.41) is 0.469. The normalized spacial score (nSPS) is 24.8. The maximum Gasteiger partial charge on any atom is 0.233 e. The first-order valence-electron chi connectivity index (χ1n) is 4.89. The third-order valence-electron chi connectivity index (χ3n) is 2.84. The maximum atomic E-state index is 11.3. The summed E-state index contributed by atoms with van der Waals surface area (Å²) in [5.41, 5.74) is 0. The predicted molar refractivity (Wildman–Crippen MR) is 55.0 cm³/mol. The van der Waals surface area contributed by atoms with Crippen LogP contribution in [0, 0.1) is 0 Å². The van der Waals surface area contributed by atoms with Crippen LogP contribution in [0.3, 0.4) is 0 Å². The van der Waals surface area contributed by atoms with Crippen molar-refractivity contribution in [3.63, 3.8) is 0 Å². The Bertz CT molecular complexity index is 198. The molecule has 0 atom stereocenters. The second kappa shape index (κ2) is 3.96. The molecule has 0 bridgehead atoms. The Morgan fingerprint density at radius 1 is 1.23 bits per heavy atom. The SMILES string of the molecule is O=C(CBr)N1CCN(C2CC2)CC1. The molecule has 1 saturated carbocycles. The lowest BCUT2D eigenvalue weighted by atomic mass is 10.3. The summed E-state index contributed by atoms with van der Waals surface area (Å²) in [6.45, 7) is 3.98. The van der Waals surface area contributed by atoms with Crippen LogP contribution >= 0.6 is 15.9 Å². The molecule has 1 aliphatic heterocycles. The van der Waals surface area contributed by atoms with Crippen LogP contribution < -0.4 is 0 Å². The number of carbonyl (C=O) groups excluding carboxylic acids is 1. The Morgan fingerprint density at radius 2 is 1.85 bits per heavy atom. The van der Waals surface area contributed by atoms with Gasteiger partial charge in [0.1, 0.15) is 0 Å². The van der Waals surface area contributed by atoms with Gasteiger partial charge in [0.05, 0.1) is 5.33 Å². The number of piperazine rings is 1. The van der Waals surface area contributed by atoms with E-state index in [1.165, 1.54) is 12.8 Å². The number of rotatable bonds is 2. The Labute approximate surface area is 87.2 Å². The minimum Gasteiger partial charge on any atom is -0.339 e. The van der Waals surface area contributed by atoms with Crippen LogP contribution in [0.4, 0.5) is 0 Å². The van der Waals surface area contributed by atoms with Gasteiger partial charge in [-0.2, -0.15) is 0 Å². The van der Waals surface area contributed by atoms with Gasteiger partial charge in [-0.15, -0.1) is 0 Å². The average molecular weight is 247 g/mol. The van der Waals surface area contributed by atoms with E-state index < -0.39 is 0 Å². The topological polar surface area (TPSA) is 23.6 Å². The third kappa shape index (κ3) is 2.23. The molecule has 1 amide bonds. The molecule has 2 fully saturated rings. The first-order chi connectivity index (χ1) is 6.31. The van der Waals surface area contributed by atoms with Crippen molar-refractivity contribution in [2.45, 2.75) is 18.9 Å². The van der Waals surface area contributed by atoms with Crippen molar-refractivity contribution in [2.24, 2.45) is 0 Å². The molecule has 0 radical (unpaired) electrons. The fraction of sp³-hybridized carbons (Fsp3) is 0.889. The number of amides is 1. The van der Waals surface area contributed by atoms with E-state index in [1.807, 2.05) is 4.90 Å². The molecule has 0 aromatic heterocycles. The second-order valence-electron chi connectivity index (χ2n) is 3.78. The summed E-state index contributed by atoms with van der Waals surface area (Å²) in [7, 11) is 0. The lowest BCUT2D eigenvalue weighted by Crippen LogP contribution is -2.49. The summed E-state index contributed by atoms with van der Waals surface area (Å²) in [4.78, 5) is 15.8. The van der Waals surface area contributed by atoms with Gasteiger partial charge in [0.2, 0.25) is 5.91 Å². The molecule has 3 nitrogen and oxygen atoms in total. The highest BCUT2D eigenvalue weighted by atomic mass is 79.9. The highest BCUT2D eigenvalue weighted by molar-refractivity contribution is 9.09. The molecule has 2 aliphatic rings. The van der Waals surface area contributed by atoms with Crippen molar-refractivity contribution in [3.8, 4) is 0 Å². The van der Waals surface area contributed by atoms with Crippen molar-refractivity contribution in [3.05, 3.63) is 0 Å². The standard InChI is InChI=1S/C9H15BrN2O/c10-7-9(13)12-5-3-11(4-6-12)8-1-2-8/h8H,1-7H2. The highest BCUT2D eigenvalue weighted by Crippen LogP contribution is 2.27. The van der Waals surface area contributed by atoms with Crippen LogP contribution in [0.5, 0.6) is 0 Å². The number of nitrogens with zero attached hydrogens (tertiary/aromatic N) is 2. The quantitative estimate of drug-likeness (QED) is 0.670. The van der Waals surface area contributed by atoms with E-state index in [1.54, 1.807) is 0 Å². The van der Waals surface area contributed by atoms with E-state index in [0.717, 1.165) is 32.2 Å². The van der Waals surface area contributed by atoms with Gasteiger partial charge in [-0.1, -0.05) is 15.9 Å². The van der Waals surface area contributed by atoms with Crippen molar-refractivity contribution < 1.29 is 4.79 Å². The van der Waals surface area contributed by atoms with E-state index in [9.17, 15) is 4.79 Å². The smallest absolute Gasteiger partial charge is 0.233 e. The van der Waals surface area contributed by atoms with Crippen LogP contribution in [0.2, 0.25) is 0 Å². The fourth-order valence-electron chi connectivity index (χ4n) is 1.86. The van der Waals surface area contributed by atoms with Crippen molar-refractivity contribution in [1.29, 1.82) is 0 Å². The number of halogens is 1. The summed E-state index contributed by atoms with van der Waals surface area (Å²) in [6.07, 6.45) is 2.73. The molecule has 13 heavy (non-hydrogen) atoms. The van der Waals surface area contributed by atoms with E-state index in [2.05, 4.69) is 20.8 Å². The lowest BCUT2D eigenvalue weighted by molar-refractivity contribution is -0.130. The molecule has 4 heteroatoms. The predicted octanol–water partition coefficient (Wildman–Crippen LogP) is 0.688. The van der Waals surface area contributed by atoms with E-state index >= 15 is 0 Å². The third-order valence-corrected chi connectivity index (χ3v) is 3.32. The molecule has 1 heterocycles. The fourth-order valence-corrected chi connectivity index (χ4v) is 2.22. The van der Waals surface area contributed by atoms with Crippen molar-refractivity contribution >= 4 is 21.8 Å². The van der Waals surface area contributed by atoms with Crippen LogP contribution in [0.25, 0.3) is 0 Å². The Kier molecular flexibility index (Phi) is 2.89. The van der Waals surface area contributed by atoms with E-state index in [4.69, 9.17) is 0 Å². The van der Waals surface area contributed by atoms with Gasteiger partial charge >= 0.3 is 0 Å². The van der Waals surface area contributed by atoms with E-state index in [-0.39, 0.29) is 5.91 Å². The molecule has 0 unspecified atom stereocenters. The summed E-state index contributed by atoms with van der Waals surface area (Å²) < 4.78 is 0. The number of carbonyl (C=O) groups is 1. The average Bonchev–Trinajstić information content (AvgIpc) is 3.00. The van der Waals surface area contributed by atoms with Crippen LogP contribution in [-0.4, -0.2) is 53.3 Å². The van der Waals surface area contributed by atoms with Gasteiger partial charge < -0.3 is 4.90 Å². The molecular weight excluding hydrogens is 232 g/mol. The van der Waals surface area contributed by atoms with Crippen molar-refractivity contribution in [1.82, 2.24) is 9.80 Å². The van der Waals surface area contributed by atoms with Gasteiger partial charge in [0, 0.05) is 32.2 Å². The van der Waals surface area contributed by atoms with Crippen LogP contribution in [-0.2, 0) is 4.79 Å². The molecular formula is C9H15BrN2O. The zero-order valence-electron chi connectivity index (χ0n) is 7.71. The molecule has 74 valence electrons. The van der Waals surface area contributed by atoms with Gasteiger partial charge in [-0.3, -0.25) is 9.69 Å². The minimum absolute atomic E-state index is 0.232. The zero-order chi connectivity index (χ0) is 9.26. The summed E-state index contributed by atoms with van der Waals surface area (Å²) in [5.74, 6) is 0.232. The zero-order valence-corrected chi connectivity index (χ0v) is 9.29. The van der Waals surface area contributed by atoms with Gasteiger partial charge in [0.15, 0.2) is 0 Å². The van der Waals surface area contributed by atoms with Crippen LogP contribution in [0.1, 0.15) is 12.8 Å². The molecule has 0 N–H and O–H groups in total. The van der Waals surface area contributed by atoms with Gasteiger partial charge in [-0.05, 0) is 12.8 Å². The first-order valence-corrected chi connectivity index (χ1v) is 6.01. The Morgan fingerprint density at radius 3 is 2.31 bits per heavy atom. The van der Waals surface area contributed by atoms with Crippen LogP contribution in [0.15, 0.2) is 0 Å². The first kappa shape index (κ1) is 9.46. The van der Waals surface area contributed by atoms with Gasteiger partial charge in [-0.25, -0.2) is 0 Å². The molecule has 0 spiro atoms. The second-order valence-corrected chi connectivity index (χ2v) is 4.34. The maximum absolute atomic E-state index is 11.3. The lowest BCUT2D eigenvalue weighted by Gasteiger charge is -2.34.